The molecule has 7 heteroatoms. The van der Waals surface area contributed by atoms with E-state index >= 15 is 0 Å². The molecule has 0 aliphatic carbocycles. The number of hydrogen-bond donors (Lipinski definition) is 1. The normalized spacial score (nSPS) is 10.4. The Bertz CT molecular complexity index is 794. The molecule has 0 saturated carbocycles. The van der Waals surface area contributed by atoms with E-state index in [9.17, 15) is 9.59 Å². The second-order valence-electron chi connectivity index (χ2n) is 6.78. The second-order valence-corrected chi connectivity index (χ2v) is 6.78. The van der Waals surface area contributed by atoms with Crippen molar-refractivity contribution in [1.82, 2.24) is 0 Å². The summed E-state index contributed by atoms with van der Waals surface area (Å²) in [6, 6.07) is 11.6. The van der Waals surface area contributed by atoms with Crippen molar-refractivity contribution in [3.05, 3.63) is 48.0 Å². The molecule has 0 aromatic heterocycles. The van der Waals surface area contributed by atoms with Crippen LogP contribution < -0.4 is 19.5 Å². The third-order valence-corrected chi connectivity index (χ3v) is 4.02. The molecular weight excluding hydrogens is 374 g/mol. The maximum Gasteiger partial charge on any atom is 0.338 e. The maximum absolute atomic E-state index is 12.1. The Morgan fingerprint density at radius 1 is 0.931 bits per heavy atom. The molecular formula is C22H27NO6. The van der Waals surface area contributed by atoms with Crippen LogP contribution >= 0.6 is 0 Å². The number of esters is 1. The summed E-state index contributed by atoms with van der Waals surface area (Å²) in [5.74, 6) is 1.26. The first-order valence-electron chi connectivity index (χ1n) is 9.34. The molecule has 2 aromatic carbocycles. The molecule has 0 saturated heterocycles. The third kappa shape index (κ3) is 7.37. The monoisotopic (exact) mass is 401 g/mol. The molecule has 2 aromatic rings. The van der Waals surface area contributed by atoms with Crippen LogP contribution in [0.5, 0.6) is 17.2 Å². The van der Waals surface area contributed by atoms with Crippen molar-refractivity contribution in [1.29, 1.82) is 0 Å². The number of benzene rings is 2. The highest BCUT2D eigenvalue weighted by Crippen LogP contribution is 2.25. The van der Waals surface area contributed by atoms with Crippen LogP contribution in [0.25, 0.3) is 0 Å². The summed E-state index contributed by atoms with van der Waals surface area (Å²) in [6.07, 6.45) is 0.956. The first kappa shape index (κ1) is 22.1. The van der Waals surface area contributed by atoms with Gasteiger partial charge in [-0.3, -0.25) is 4.79 Å². The predicted octanol–water partition coefficient (Wildman–Crippen LogP) is 3.92. The number of rotatable bonds is 10. The molecule has 1 N–H and O–H groups in total. The van der Waals surface area contributed by atoms with Crippen molar-refractivity contribution >= 4 is 17.6 Å². The van der Waals surface area contributed by atoms with Crippen molar-refractivity contribution in [3.8, 4) is 17.2 Å². The molecule has 7 nitrogen and oxygen atoms in total. The van der Waals surface area contributed by atoms with Crippen LogP contribution in [-0.2, 0) is 9.53 Å². The highest BCUT2D eigenvalue weighted by atomic mass is 16.5. The van der Waals surface area contributed by atoms with E-state index in [4.69, 9.17) is 18.9 Å². The van der Waals surface area contributed by atoms with Crippen LogP contribution in [0.4, 0.5) is 5.69 Å². The van der Waals surface area contributed by atoms with Gasteiger partial charge in [0.15, 0.2) is 6.61 Å². The second kappa shape index (κ2) is 10.9. The van der Waals surface area contributed by atoms with Gasteiger partial charge in [-0.1, -0.05) is 13.8 Å². The number of hydrogen-bond acceptors (Lipinski definition) is 6. The van der Waals surface area contributed by atoms with Crippen molar-refractivity contribution in [2.45, 2.75) is 20.3 Å². The Labute approximate surface area is 170 Å². The van der Waals surface area contributed by atoms with Crippen LogP contribution in [0.3, 0.4) is 0 Å². The largest absolute Gasteiger partial charge is 0.497 e. The van der Waals surface area contributed by atoms with Gasteiger partial charge >= 0.3 is 5.97 Å². The van der Waals surface area contributed by atoms with Gasteiger partial charge in [0.2, 0.25) is 0 Å². The van der Waals surface area contributed by atoms with E-state index in [0.717, 1.165) is 6.42 Å². The van der Waals surface area contributed by atoms with Crippen molar-refractivity contribution in [2.24, 2.45) is 5.92 Å². The molecule has 1 amide bonds. The standard InChI is InChI=1S/C22H27NO6/c1-15(2)9-10-28-18-7-5-16(6-8-18)22(25)29-14-21(24)23-17-11-19(26-3)13-20(12-17)27-4/h5-8,11-13,15H,9-10,14H2,1-4H3,(H,23,24). The topological polar surface area (TPSA) is 83.1 Å². The Kier molecular flexibility index (Phi) is 8.33. The van der Waals surface area contributed by atoms with Gasteiger partial charge in [0.1, 0.15) is 17.2 Å². The molecule has 0 spiro atoms. The summed E-state index contributed by atoms with van der Waals surface area (Å²) < 4.78 is 21.0. The van der Waals surface area contributed by atoms with Crippen molar-refractivity contribution in [3.63, 3.8) is 0 Å². The summed E-state index contributed by atoms with van der Waals surface area (Å²) in [4.78, 5) is 24.2. The maximum atomic E-state index is 12.1. The van der Waals surface area contributed by atoms with Crippen molar-refractivity contribution in [2.75, 3.05) is 32.8 Å². The number of amides is 1. The van der Waals surface area contributed by atoms with E-state index in [1.54, 1.807) is 42.5 Å². The Morgan fingerprint density at radius 2 is 1.55 bits per heavy atom. The molecule has 0 atom stereocenters. The van der Waals surface area contributed by atoms with E-state index in [-0.39, 0.29) is 0 Å². The van der Waals surface area contributed by atoms with E-state index in [2.05, 4.69) is 19.2 Å². The number of carbonyl (C=O) groups is 2. The molecule has 156 valence electrons. The smallest absolute Gasteiger partial charge is 0.338 e. The third-order valence-electron chi connectivity index (χ3n) is 4.02. The minimum Gasteiger partial charge on any atom is -0.497 e. The van der Waals surface area contributed by atoms with Gasteiger partial charge in [-0.25, -0.2) is 4.79 Å². The number of carbonyl (C=O) groups excluding carboxylic acids is 2. The molecule has 0 radical (unpaired) electrons. The van der Waals surface area contributed by atoms with E-state index in [1.807, 2.05) is 0 Å². The molecule has 0 unspecified atom stereocenters. The lowest BCUT2D eigenvalue weighted by molar-refractivity contribution is -0.119. The van der Waals surface area contributed by atoms with Gasteiger partial charge in [-0.05, 0) is 36.6 Å². The fraction of sp³-hybridized carbons (Fsp3) is 0.364. The Morgan fingerprint density at radius 3 is 2.10 bits per heavy atom. The molecule has 0 heterocycles. The quantitative estimate of drug-likeness (QED) is 0.608. The number of nitrogens with one attached hydrogen (secondary N) is 1. The van der Waals surface area contributed by atoms with Gasteiger partial charge in [-0.2, -0.15) is 0 Å². The lowest BCUT2D eigenvalue weighted by Gasteiger charge is -2.10. The van der Waals surface area contributed by atoms with Crippen LogP contribution in [0.1, 0.15) is 30.6 Å². The van der Waals surface area contributed by atoms with Gasteiger partial charge in [0.25, 0.3) is 5.91 Å². The number of methoxy groups -OCH3 is 2. The van der Waals surface area contributed by atoms with Gasteiger partial charge in [-0.15, -0.1) is 0 Å². The average Bonchev–Trinajstić information content (AvgIpc) is 2.71. The fourth-order valence-electron chi connectivity index (χ4n) is 2.39. The van der Waals surface area contributed by atoms with Crippen LogP contribution in [0.2, 0.25) is 0 Å². The van der Waals surface area contributed by atoms with E-state index in [0.29, 0.717) is 41.0 Å². The molecule has 0 aliphatic rings. The first-order valence-corrected chi connectivity index (χ1v) is 9.34. The van der Waals surface area contributed by atoms with E-state index in [1.165, 1.54) is 14.2 Å². The zero-order chi connectivity index (χ0) is 21.2. The predicted molar refractivity (Wildman–Crippen MR) is 110 cm³/mol. The molecule has 0 bridgehead atoms. The number of anilines is 1. The van der Waals surface area contributed by atoms with Crippen LogP contribution in [-0.4, -0.2) is 39.3 Å². The van der Waals surface area contributed by atoms with Gasteiger partial charge in [0.05, 0.1) is 26.4 Å². The first-order chi connectivity index (χ1) is 13.9. The van der Waals surface area contributed by atoms with Crippen LogP contribution in [0.15, 0.2) is 42.5 Å². The molecule has 29 heavy (non-hydrogen) atoms. The molecule has 2 rings (SSSR count). The summed E-state index contributed by atoms with van der Waals surface area (Å²) in [6.45, 7) is 4.47. The molecule has 0 fully saturated rings. The summed E-state index contributed by atoms with van der Waals surface area (Å²) in [5.41, 5.74) is 0.821. The lowest BCUT2D eigenvalue weighted by atomic mass is 10.1. The van der Waals surface area contributed by atoms with Gasteiger partial charge in [0, 0.05) is 23.9 Å². The van der Waals surface area contributed by atoms with Crippen molar-refractivity contribution < 1.29 is 28.5 Å². The average molecular weight is 401 g/mol. The Balaban J connectivity index is 1.84. The summed E-state index contributed by atoms with van der Waals surface area (Å²) in [7, 11) is 3.03. The highest BCUT2D eigenvalue weighted by molar-refractivity contribution is 5.95. The molecule has 0 aliphatic heterocycles. The zero-order valence-corrected chi connectivity index (χ0v) is 17.2. The summed E-state index contributed by atoms with van der Waals surface area (Å²) in [5, 5.41) is 2.64. The zero-order valence-electron chi connectivity index (χ0n) is 17.2. The Hall–Kier alpha value is -3.22. The van der Waals surface area contributed by atoms with Crippen LogP contribution in [0, 0.1) is 5.92 Å². The summed E-state index contributed by atoms with van der Waals surface area (Å²) >= 11 is 0. The fourth-order valence-corrected chi connectivity index (χ4v) is 2.39. The van der Waals surface area contributed by atoms with E-state index < -0.39 is 18.5 Å². The SMILES string of the molecule is COc1cc(NC(=O)COC(=O)c2ccc(OCCC(C)C)cc2)cc(OC)c1. The minimum atomic E-state index is -0.586. The highest BCUT2D eigenvalue weighted by Gasteiger charge is 2.12. The lowest BCUT2D eigenvalue weighted by Crippen LogP contribution is -2.21. The van der Waals surface area contributed by atoms with Gasteiger partial charge < -0.3 is 24.3 Å². The number of ether oxygens (including phenoxy) is 4. The minimum absolute atomic E-state index is 0.344.